The zero-order valence-corrected chi connectivity index (χ0v) is 12.4. The highest BCUT2D eigenvalue weighted by Gasteiger charge is 2.46. The number of hydrogen-bond acceptors (Lipinski definition) is 4. The highest BCUT2D eigenvalue weighted by atomic mass is 16.4. The molecule has 2 rings (SSSR count). The van der Waals surface area contributed by atoms with Gasteiger partial charge in [0.05, 0.1) is 0 Å². The summed E-state index contributed by atoms with van der Waals surface area (Å²) < 4.78 is 0. The Labute approximate surface area is 115 Å². The molecule has 0 bridgehead atoms. The van der Waals surface area contributed by atoms with Crippen molar-refractivity contribution in [1.82, 2.24) is 15.1 Å². The molecule has 2 N–H and O–H groups in total. The third-order valence-corrected chi connectivity index (χ3v) is 5.12. The van der Waals surface area contributed by atoms with Crippen LogP contribution >= 0.6 is 0 Å². The van der Waals surface area contributed by atoms with Gasteiger partial charge in [-0.25, -0.2) is 0 Å². The first-order valence-corrected chi connectivity index (χ1v) is 7.31. The van der Waals surface area contributed by atoms with E-state index in [-0.39, 0.29) is 0 Å². The Morgan fingerprint density at radius 1 is 1.32 bits per heavy atom. The van der Waals surface area contributed by atoms with Crippen LogP contribution in [-0.2, 0) is 4.79 Å². The van der Waals surface area contributed by atoms with E-state index in [0.29, 0.717) is 12.1 Å². The largest absolute Gasteiger partial charge is 0.480 e. The molecule has 2 unspecified atom stereocenters. The summed E-state index contributed by atoms with van der Waals surface area (Å²) in [5.41, 5.74) is -0.691. The molecule has 0 aromatic rings. The summed E-state index contributed by atoms with van der Waals surface area (Å²) in [5.74, 6) is -0.694. The van der Waals surface area contributed by atoms with Crippen molar-refractivity contribution >= 4 is 5.97 Å². The number of rotatable bonds is 4. The average Bonchev–Trinajstić information content (AvgIpc) is 2.84. The Morgan fingerprint density at radius 3 is 2.37 bits per heavy atom. The molecule has 2 atom stereocenters. The minimum absolute atomic E-state index is 0.437. The summed E-state index contributed by atoms with van der Waals surface area (Å²) in [6.07, 6.45) is 4.88. The van der Waals surface area contributed by atoms with Crippen LogP contribution in [-0.4, -0.2) is 72.7 Å². The molecule has 110 valence electrons. The molecule has 1 heterocycles. The van der Waals surface area contributed by atoms with E-state index < -0.39 is 11.5 Å². The van der Waals surface area contributed by atoms with E-state index in [1.807, 2.05) is 0 Å². The van der Waals surface area contributed by atoms with Crippen molar-refractivity contribution < 1.29 is 9.90 Å². The van der Waals surface area contributed by atoms with Crippen LogP contribution in [0.3, 0.4) is 0 Å². The zero-order chi connectivity index (χ0) is 14.0. The summed E-state index contributed by atoms with van der Waals surface area (Å²) in [5, 5.41) is 12.4. The summed E-state index contributed by atoms with van der Waals surface area (Å²) in [6.45, 7) is 2.21. The van der Waals surface area contributed by atoms with Gasteiger partial charge in [-0.2, -0.15) is 0 Å². The lowest BCUT2D eigenvalue weighted by Crippen LogP contribution is -2.51. The Balaban J connectivity index is 1.90. The minimum Gasteiger partial charge on any atom is -0.480 e. The van der Waals surface area contributed by atoms with Gasteiger partial charge in [-0.1, -0.05) is 0 Å². The van der Waals surface area contributed by atoms with Gasteiger partial charge in [-0.3, -0.25) is 4.79 Å². The molecule has 2 aliphatic rings. The van der Waals surface area contributed by atoms with Crippen LogP contribution in [0, 0.1) is 0 Å². The number of likely N-dealkylation sites (N-methyl/N-ethyl adjacent to an activating group) is 1. The fourth-order valence-corrected chi connectivity index (χ4v) is 3.63. The Bertz CT molecular complexity index is 327. The summed E-state index contributed by atoms with van der Waals surface area (Å²) in [6, 6.07) is 1.12. The van der Waals surface area contributed by atoms with Crippen LogP contribution in [0.25, 0.3) is 0 Å². The van der Waals surface area contributed by atoms with Crippen LogP contribution in [0.5, 0.6) is 0 Å². The fourth-order valence-electron chi connectivity index (χ4n) is 3.63. The van der Waals surface area contributed by atoms with Crippen molar-refractivity contribution in [3.8, 4) is 0 Å². The molecule has 1 aliphatic heterocycles. The van der Waals surface area contributed by atoms with E-state index in [9.17, 15) is 9.90 Å². The number of hydrogen-bond donors (Lipinski definition) is 2. The van der Waals surface area contributed by atoms with Crippen molar-refractivity contribution in [3.05, 3.63) is 0 Å². The number of piperidine rings is 1. The van der Waals surface area contributed by atoms with Gasteiger partial charge in [0.25, 0.3) is 0 Å². The number of carboxylic acids is 1. The average molecular weight is 269 g/mol. The quantitative estimate of drug-likeness (QED) is 0.783. The summed E-state index contributed by atoms with van der Waals surface area (Å²) in [4.78, 5) is 16.2. The van der Waals surface area contributed by atoms with E-state index in [4.69, 9.17) is 0 Å². The topological polar surface area (TPSA) is 55.8 Å². The molecule has 0 aromatic carbocycles. The smallest absolute Gasteiger partial charge is 0.323 e. The van der Waals surface area contributed by atoms with Gasteiger partial charge in [0, 0.05) is 12.1 Å². The highest BCUT2D eigenvalue weighted by Crippen LogP contribution is 2.34. The molecule has 5 nitrogen and oxygen atoms in total. The van der Waals surface area contributed by atoms with Crippen molar-refractivity contribution in [2.45, 2.75) is 49.7 Å². The Kier molecular flexibility index (Phi) is 4.48. The second-order valence-corrected chi connectivity index (χ2v) is 6.26. The van der Waals surface area contributed by atoms with Gasteiger partial charge >= 0.3 is 5.97 Å². The zero-order valence-electron chi connectivity index (χ0n) is 12.4. The molecule has 2 fully saturated rings. The lowest BCUT2D eigenvalue weighted by molar-refractivity contribution is -0.144. The molecular formula is C14H27N3O2. The number of likely N-dealkylation sites (tertiary alicyclic amines) is 1. The van der Waals surface area contributed by atoms with Gasteiger partial charge in [-0.15, -0.1) is 0 Å². The molecule has 1 saturated carbocycles. The summed E-state index contributed by atoms with van der Waals surface area (Å²) >= 11 is 0. The second kappa shape index (κ2) is 5.77. The minimum atomic E-state index is -0.694. The van der Waals surface area contributed by atoms with Crippen LogP contribution < -0.4 is 5.32 Å². The Morgan fingerprint density at radius 2 is 1.95 bits per heavy atom. The molecule has 1 aliphatic carbocycles. The van der Waals surface area contributed by atoms with E-state index >= 15 is 0 Å². The van der Waals surface area contributed by atoms with E-state index in [0.717, 1.165) is 32.4 Å². The lowest BCUT2D eigenvalue weighted by atomic mass is 9.96. The molecule has 5 heteroatoms. The SMILES string of the molecule is CNC1(C(=O)O)CCC(N2CCC(N(C)C)CC2)C1. The number of carboxylic acid groups (broad SMARTS) is 1. The number of nitrogens with one attached hydrogen (secondary N) is 1. The Hall–Kier alpha value is -0.650. The maximum atomic E-state index is 11.4. The van der Waals surface area contributed by atoms with E-state index in [2.05, 4.69) is 29.2 Å². The predicted octanol–water partition coefficient (Wildman–Crippen LogP) is 0.608. The first kappa shape index (κ1) is 14.8. The van der Waals surface area contributed by atoms with Gasteiger partial charge in [0.2, 0.25) is 0 Å². The molecule has 0 aromatic heterocycles. The van der Waals surface area contributed by atoms with E-state index in [1.165, 1.54) is 12.8 Å². The van der Waals surface area contributed by atoms with Crippen LogP contribution in [0.1, 0.15) is 32.1 Å². The predicted molar refractivity (Wildman–Crippen MR) is 75.3 cm³/mol. The standard InChI is InChI=1S/C14H27N3O2/c1-15-14(13(18)19)7-4-12(10-14)17-8-5-11(6-9-17)16(2)3/h11-12,15H,4-10H2,1-3H3,(H,18,19). The van der Waals surface area contributed by atoms with Crippen molar-refractivity contribution in [3.63, 3.8) is 0 Å². The van der Waals surface area contributed by atoms with Gasteiger partial charge < -0.3 is 20.2 Å². The first-order valence-electron chi connectivity index (χ1n) is 7.31. The van der Waals surface area contributed by atoms with Crippen molar-refractivity contribution in [1.29, 1.82) is 0 Å². The van der Waals surface area contributed by atoms with Gasteiger partial charge in [0.1, 0.15) is 5.54 Å². The molecule has 0 amide bonds. The van der Waals surface area contributed by atoms with Crippen LogP contribution in [0.4, 0.5) is 0 Å². The molecular weight excluding hydrogens is 242 g/mol. The second-order valence-electron chi connectivity index (χ2n) is 6.26. The fraction of sp³-hybridized carbons (Fsp3) is 0.929. The number of aliphatic carboxylic acids is 1. The third kappa shape index (κ3) is 2.93. The van der Waals surface area contributed by atoms with Crippen molar-refractivity contribution in [2.24, 2.45) is 0 Å². The number of carbonyl (C=O) groups is 1. The van der Waals surface area contributed by atoms with Crippen LogP contribution in [0.2, 0.25) is 0 Å². The molecule has 0 radical (unpaired) electrons. The first-order chi connectivity index (χ1) is 8.98. The molecule has 19 heavy (non-hydrogen) atoms. The number of nitrogens with zero attached hydrogens (tertiary/aromatic N) is 2. The molecule has 1 saturated heterocycles. The van der Waals surface area contributed by atoms with Gasteiger partial charge in [-0.05, 0) is 66.3 Å². The highest BCUT2D eigenvalue weighted by molar-refractivity contribution is 5.79. The van der Waals surface area contributed by atoms with Gasteiger partial charge in [0.15, 0.2) is 0 Å². The monoisotopic (exact) mass is 269 g/mol. The molecule has 0 spiro atoms. The van der Waals surface area contributed by atoms with E-state index in [1.54, 1.807) is 7.05 Å². The maximum Gasteiger partial charge on any atom is 0.323 e. The maximum absolute atomic E-state index is 11.4. The van der Waals surface area contributed by atoms with Crippen molar-refractivity contribution in [2.75, 3.05) is 34.2 Å². The lowest BCUT2D eigenvalue weighted by Gasteiger charge is -2.38. The third-order valence-electron chi connectivity index (χ3n) is 5.12. The van der Waals surface area contributed by atoms with Crippen LogP contribution in [0.15, 0.2) is 0 Å². The summed E-state index contributed by atoms with van der Waals surface area (Å²) in [7, 11) is 6.06. The normalized spacial score (nSPS) is 34.0.